The van der Waals surface area contributed by atoms with E-state index in [0.717, 1.165) is 19.6 Å². The number of nitrogens with zero attached hydrogens (tertiary/aromatic N) is 4. The van der Waals surface area contributed by atoms with Gasteiger partial charge < -0.3 is 9.88 Å². The molecule has 0 aromatic carbocycles. The molecule has 0 fully saturated rings. The highest BCUT2D eigenvalue weighted by Crippen LogP contribution is 2.30. The molecule has 0 unspecified atom stereocenters. The van der Waals surface area contributed by atoms with E-state index in [1.165, 1.54) is 4.57 Å². The largest absolute Gasteiger partial charge is 0.451 e. The van der Waals surface area contributed by atoms with Crippen LogP contribution in [0.1, 0.15) is 32.4 Å². The Labute approximate surface area is 122 Å². The van der Waals surface area contributed by atoms with Gasteiger partial charge in [0.15, 0.2) is 0 Å². The molecule has 5 nitrogen and oxygen atoms in total. The van der Waals surface area contributed by atoms with Crippen molar-refractivity contribution in [3.63, 3.8) is 0 Å². The summed E-state index contributed by atoms with van der Waals surface area (Å²) in [6.07, 6.45) is -4.43. The molecule has 2 heterocycles. The summed E-state index contributed by atoms with van der Waals surface area (Å²) in [7, 11) is 0. The van der Waals surface area contributed by atoms with E-state index in [9.17, 15) is 13.2 Å². The Bertz CT molecular complexity index is 481. The van der Waals surface area contributed by atoms with Crippen LogP contribution < -0.4 is 5.32 Å². The molecule has 0 saturated heterocycles. The summed E-state index contributed by atoms with van der Waals surface area (Å²) in [6.45, 7) is 10.2. The Morgan fingerprint density at radius 2 is 1.90 bits per heavy atom. The van der Waals surface area contributed by atoms with E-state index in [2.05, 4.69) is 41.2 Å². The van der Waals surface area contributed by atoms with Gasteiger partial charge in [0.05, 0.1) is 6.54 Å². The van der Waals surface area contributed by atoms with Crippen LogP contribution in [0.25, 0.3) is 0 Å². The number of hydrogen-bond donors (Lipinski definition) is 1. The molecule has 0 aliphatic carbocycles. The maximum Gasteiger partial charge on any atom is 0.451 e. The molecule has 1 aromatic heterocycles. The molecule has 0 atom stereocenters. The van der Waals surface area contributed by atoms with Crippen LogP contribution in [-0.4, -0.2) is 45.8 Å². The second-order valence-corrected chi connectivity index (χ2v) is 6.24. The maximum absolute atomic E-state index is 12.8. The van der Waals surface area contributed by atoms with Crippen molar-refractivity contribution in [3.05, 3.63) is 11.6 Å². The molecule has 0 amide bonds. The summed E-state index contributed by atoms with van der Waals surface area (Å²) < 4.78 is 39.5. The second-order valence-electron chi connectivity index (χ2n) is 6.24. The van der Waals surface area contributed by atoms with E-state index in [0.29, 0.717) is 18.9 Å². The lowest BCUT2D eigenvalue weighted by Crippen LogP contribution is -2.44. The van der Waals surface area contributed by atoms with Gasteiger partial charge in [0.25, 0.3) is 0 Å². The number of rotatable bonds is 5. The molecule has 120 valence electrons. The van der Waals surface area contributed by atoms with Crippen molar-refractivity contribution in [2.24, 2.45) is 5.41 Å². The van der Waals surface area contributed by atoms with Crippen molar-refractivity contribution in [1.29, 1.82) is 0 Å². The van der Waals surface area contributed by atoms with Gasteiger partial charge in [-0.25, -0.2) is 0 Å². The summed E-state index contributed by atoms with van der Waals surface area (Å²) in [5, 5.41) is 10.3. The van der Waals surface area contributed by atoms with Crippen LogP contribution >= 0.6 is 0 Å². The molecule has 0 spiro atoms. The molecular formula is C13H22F3N5. The zero-order valence-electron chi connectivity index (χ0n) is 12.7. The Morgan fingerprint density at radius 1 is 1.19 bits per heavy atom. The van der Waals surface area contributed by atoms with Crippen molar-refractivity contribution < 1.29 is 13.2 Å². The van der Waals surface area contributed by atoms with Crippen LogP contribution in [0.15, 0.2) is 0 Å². The lowest BCUT2D eigenvalue weighted by Gasteiger charge is -2.35. The highest BCUT2D eigenvalue weighted by atomic mass is 19.4. The average molecular weight is 305 g/mol. The van der Waals surface area contributed by atoms with Gasteiger partial charge in [-0.05, 0) is 12.0 Å². The second kappa shape index (κ2) is 5.92. The lowest BCUT2D eigenvalue weighted by atomic mass is 9.92. The molecule has 21 heavy (non-hydrogen) atoms. The highest BCUT2D eigenvalue weighted by Gasteiger charge is 2.39. The van der Waals surface area contributed by atoms with Crippen LogP contribution in [0, 0.1) is 5.41 Å². The van der Waals surface area contributed by atoms with Crippen molar-refractivity contribution in [3.8, 4) is 0 Å². The first-order valence-corrected chi connectivity index (χ1v) is 7.15. The van der Waals surface area contributed by atoms with E-state index in [1.807, 2.05) is 0 Å². The first-order chi connectivity index (χ1) is 9.73. The first-order valence-electron chi connectivity index (χ1n) is 7.15. The minimum atomic E-state index is -4.43. The van der Waals surface area contributed by atoms with Gasteiger partial charge in [-0.1, -0.05) is 20.8 Å². The predicted octanol–water partition coefficient (Wildman–Crippen LogP) is 1.75. The van der Waals surface area contributed by atoms with E-state index >= 15 is 0 Å². The minimum absolute atomic E-state index is 0.0606. The Morgan fingerprint density at radius 3 is 2.52 bits per heavy atom. The maximum atomic E-state index is 12.8. The average Bonchev–Trinajstić information content (AvgIpc) is 2.78. The molecule has 0 saturated carbocycles. The quantitative estimate of drug-likeness (QED) is 0.900. The molecule has 8 heteroatoms. The normalized spacial score (nSPS) is 17.0. The molecule has 0 radical (unpaired) electrons. The van der Waals surface area contributed by atoms with Gasteiger partial charge in [0, 0.05) is 26.2 Å². The van der Waals surface area contributed by atoms with Gasteiger partial charge in [-0.2, -0.15) is 13.2 Å². The fraction of sp³-hybridized carbons (Fsp3) is 0.846. The topological polar surface area (TPSA) is 46.0 Å². The lowest BCUT2D eigenvalue weighted by molar-refractivity contribution is -0.148. The van der Waals surface area contributed by atoms with Crippen LogP contribution in [0.2, 0.25) is 0 Å². The van der Waals surface area contributed by atoms with Crippen molar-refractivity contribution in [2.75, 3.05) is 26.2 Å². The standard InChI is InChI=1S/C13H22F3N5/c1-4-17-8-12(2,3)9-20-5-6-21-10(7-20)18-19-11(21)13(14,15)16/h17H,4-9H2,1-3H3. The fourth-order valence-corrected chi connectivity index (χ4v) is 2.68. The van der Waals surface area contributed by atoms with Crippen LogP contribution in [0.3, 0.4) is 0 Å². The summed E-state index contributed by atoms with van der Waals surface area (Å²) in [5.74, 6) is -0.489. The third kappa shape index (κ3) is 3.94. The molecule has 1 aliphatic heterocycles. The van der Waals surface area contributed by atoms with E-state index in [4.69, 9.17) is 0 Å². The molecule has 1 N–H and O–H groups in total. The highest BCUT2D eigenvalue weighted by molar-refractivity contribution is 5.02. The van der Waals surface area contributed by atoms with Gasteiger partial charge in [-0.15, -0.1) is 10.2 Å². The Hall–Kier alpha value is -1.15. The number of halogens is 3. The van der Waals surface area contributed by atoms with E-state index < -0.39 is 12.0 Å². The molecule has 1 aromatic rings. The van der Waals surface area contributed by atoms with Crippen molar-refractivity contribution in [2.45, 2.75) is 40.0 Å². The summed E-state index contributed by atoms with van der Waals surface area (Å²) in [4.78, 5) is 2.14. The van der Waals surface area contributed by atoms with E-state index in [-0.39, 0.29) is 12.0 Å². The zero-order chi connectivity index (χ0) is 15.7. The zero-order valence-corrected chi connectivity index (χ0v) is 12.7. The van der Waals surface area contributed by atoms with Crippen LogP contribution in [0.5, 0.6) is 0 Å². The summed E-state index contributed by atoms with van der Waals surface area (Å²) >= 11 is 0. The molecule has 1 aliphatic rings. The van der Waals surface area contributed by atoms with E-state index in [1.54, 1.807) is 0 Å². The van der Waals surface area contributed by atoms with Gasteiger partial charge >= 0.3 is 6.18 Å². The predicted molar refractivity (Wildman–Crippen MR) is 72.6 cm³/mol. The van der Waals surface area contributed by atoms with Crippen molar-refractivity contribution >= 4 is 0 Å². The third-order valence-electron chi connectivity index (χ3n) is 3.59. The molecular weight excluding hydrogens is 283 g/mol. The third-order valence-corrected chi connectivity index (χ3v) is 3.59. The van der Waals surface area contributed by atoms with Crippen molar-refractivity contribution in [1.82, 2.24) is 25.0 Å². The van der Waals surface area contributed by atoms with Crippen LogP contribution in [-0.2, 0) is 19.3 Å². The summed E-state index contributed by atoms with van der Waals surface area (Å²) in [6, 6.07) is 0. The first kappa shape index (κ1) is 16.2. The number of aromatic nitrogens is 3. The minimum Gasteiger partial charge on any atom is -0.316 e. The van der Waals surface area contributed by atoms with Crippen LogP contribution in [0.4, 0.5) is 13.2 Å². The molecule has 2 rings (SSSR count). The SMILES string of the molecule is CCNCC(C)(C)CN1CCn2c(nnc2C(F)(F)F)C1. The Balaban J connectivity index is 2.02. The number of hydrogen-bond acceptors (Lipinski definition) is 4. The number of alkyl halides is 3. The van der Waals surface area contributed by atoms with Gasteiger partial charge in [-0.3, -0.25) is 4.90 Å². The number of fused-ring (bicyclic) bond motifs is 1. The smallest absolute Gasteiger partial charge is 0.316 e. The fourth-order valence-electron chi connectivity index (χ4n) is 2.68. The van der Waals surface area contributed by atoms with Gasteiger partial charge in [0.2, 0.25) is 5.82 Å². The van der Waals surface area contributed by atoms with Gasteiger partial charge in [0.1, 0.15) is 5.82 Å². The Kier molecular flexibility index (Phi) is 4.57. The monoisotopic (exact) mass is 305 g/mol. The number of nitrogens with one attached hydrogen (secondary N) is 1. The molecule has 0 bridgehead atoms. The summed E-state index contributed by atoms with van der Waals surface area (Å²) in [5.41, 5.74) is 0.0606.